The summed E-state index contributed by atoms with van der Waals surface area (Å²) in [6.45, 7) is 2.03. The van der Waals surface area contributed by atoms with Gasteiger partial charge >= 0.3 is 0 Å². The molecule has 1 aliphatic heterocycles. The molecule has 0 unspecified atom stereocenters. The second-order valence-electron chi connectivity index (χ2n) is 6.46. The molecular formula is C19H20F2N2O4S. The first-order valence-corrected chi connectivity index (χ1v) is 10.1. The van der Waals surface area contributed by atoms with Crippen molar-refractivity contribution >= 4 is 15.9 Å². The van der Waals surface area contributed by atoms with Gasteiger partial charge in [0, 0.05) is 26.2 Å². The van der Waals surface area contributed by atoms with Crippen molar-refractivity contribution in [2.45, 2.75) is 11.8 Å². The summed E-state index contributed by atoms with van der Waals surface area (Å²) in [5.74, 6) is -1.53. The van der Waals surface area contributed by atoms with E-state index in [0.717, 1.165) is 22.0 Å². The van der Waals surface area contributed by atoms with Crippen LogP contribution < -0.4 is 4.74 Å². The Bertz CT molecular complexity index is 974. The van der Waals surface area contributed by atoms with E-state index in [-0.39, 0.29) is 38.7 Å². The van der Waals surface area contributed by atoms with Crippen LogP contribution in [0.2, 0.25) is 0 Å². The number of benzene rings is 2. The number of halogens is 2. The Kier molecular flexibility index (Phi) is 5.95. The van der Waals surface area contributed by atoms with Gasteiger partial charge in [-0.2, -0.15) is 4.31 Å². The Morgan fingerprint density at radius 3 is 2.46 bits per heavy atom. The van der Waals surface area contributed by atoms with Crippen molar-refractivity contribution in [2.75, 3.05) is 32.8 Å². The summed E-state index contributed by atoms with van der Waals surface area (Å²) in [4.78, 5) is 13.1. The zero-order valence-corrected chi connectivity index (χ0v) is 16.1. The highest BCUT2D eigenvalue weighted by molar-refractivity contribution is 7.89. The lowest BCUT2D eigenvalue weighted by Crippen LogP contribution is -2.51. The number of hydrogen-bond donors (Lipinski definition) is 0. The van der Waals surface area contributed by atoms with Gasteiger partial charge in [0.15, 0.2) is 6.61 Å². The van der Waals surface area contributed by atoms with Gasteiger partial charge in [-0.3, -0.25) is 4.79 Å². The maximum atomic E-state index is 13.9. The minimum absolute atomic E-state index is 0.00548. The monoisotopic (exact) mass is 410 g/mol. The summed E-state index contributed by atoms with van der Waals surface area (Å²) in [6, 6.07) is 9.60. The van der Waals surface area contributed by atoms with Crippen LogP contribution in [0, 0.1) is 18.6 Å². The van der Waals surface area contributed by atoms with Crippen LogP contribution in [-0.2, 0) is 14.8 Å². The number of piperazine rings is 1. The van der Waals surface area contributed by atoms with Crippen molar-refractivity contribution in [2.24, 2.45) is 0 Å². The Balaban J connectivity index is 1.59. The molecule has 9 heteroatoms. The molecule has 0 saturated carbocycles. The van der Waals surface area contributed by atoms with Gasteiger partial charge in [0.1, 0.15) is 22.3 Å². The summed E-state index contributed by atoms with van der Waals surface area (Å²) in [5, 5.41) is 0. The number of nitrogens with zero attached hydrogens (tertiary/aromatic N) is 2. The Hall–Kier alpha value is -2.52. The van der Waals surface area contributed by atoms with E-state index in [1.54, 1.807) is 6.07 Å². The van der Waals surface area contributed by atoms with Gasteiger partial charge in [0.05, 0.1) is 0 Å². The fraction of sp³-hybridized carbons (Fsp3) is 0.316. The highest BCUT2D eigenvalue weighted by Crippen LogP contribution is 2.22. The average Bonchev–Trinajstić information content (AvgIpc) is 2.68. The van der Waals surface area contributed by atoms with Gasteiger partial charge in [-0.15, -0.1) is 0 Å². The zero-order valence-electron chi connectivity index (χ0n) is 15.3. The second-order valence-corrected chi connectivity index (χ2v) is 8.37. The molecule has 2 aromatic carbocycles. The maximum absolute atomic E-state index is 13.9. The first kappa shape index (κ1) is 20.2. The number of hydrogen-bond acceptors (Lipinski definition) is 4. The molecule has 1 heterocycles. The highest BCUT2D eigenvalue weighted by Gasteiger charge is 2.32. The second kappa shape index (κ2) is 8.24. The minimum Gasteiger partial charge on any atom is -0.484 e. The molecule has 0 atom stereocenters. The van der Waals surface area contributed by atoms with E-state index >= 15 is 0 Å². The molecule has 1 fully saturated rings. The molecule has 0 aliphatic carbocycles. The quantitative estimate of drug-likeness (QED) is 0.758. The Labute approximate surface area is 162 Å². The lowest BCUT2D eigenvalue weighted by molar-refractivity contribution is -0.134. The van der Waals surface area contributed by atoms with Crippen LogP contribution in [0.5, 0.6) is 5.75 Å². The van der Waals surface area contributed by atoms with Gasteiger partial charge in [-0.1, -0.05) is 12.1 Å². The number of sulfonamides is 1. The van der Waals surface area contributed by atoms with E-state index in [0.29, 0.717) is 11.8 Å². The third-order valence-electron chi connectivity index (χ3n) is 4.45. The van der Waals surface area contributed by atoms with Crippen LogP contribution in [0.1, 0.15) is 5.56 Å². The van der Waals surface area contributed by atoms with Crippen LogP contribution in [0.15, 0.2) is 47.4 Å². The van der Waals surface area contributed by atoms with Gasteiger partial charge in [-0.25, -0.2) is 17.2 Å². The van der Waals surface area contributed by atoms with E-state index in [2.05, 4.69) is 0 Å². The number of rotatable bonds is 5. The Morgan fingerprint density at radius 2 is 1.79 bits per heavy atom. The number of aryl methyl sites for hydroxylation is 1. The molecule has 3 rings (SSSR count). The predicted octanol–water partition coefficient (Wildman–Crippen LogP) is 2.19. The third-order valence-corrected chi connectivity index (χ3v) is 6.37. The van der Waals surface area contributed by atoms with Crippen LogP contribution in [0.25, 0.3) is 0 Å². The number of carbonyl (C=O) groups is 1. The number of carbonyl (C=O) groups excluding carboxylic acids is 1. The maximum Gasteiger partial charge on any atom is 0.260 e. The predicted molar refractivity (Wildman–Crippen MR) is 98.4 cm³/mol. The van der Waals surface area contributed by atoms with Crippen molar-refractivity contribution in [1.29, 1.82) is 0 Å². The molecule has 2 aromatic rings. The summed E-state index contributed by atoms with van der Waals surface area (Å²) >= 11 is 0. The SMILES string of the molecule is Cc1cccc(OCC(=O)N2CCN(S(=O)(=O)c3cc(F)ccc3F)CC2)c1. The van der Waals surface area contributed by atoms with Crippen molar-refractivity contribution in [1.82, 2.24) is 9.21 Å². The van der Waals surface area contributed by atoms with Crippen molar-refractivity contribution in [3.05, 3.63) is 59.7 Å². The molecule has 1 saturated heterocycles. The molecule has 0 N–H and O–H groups in total. The smallest absolute Gasteiger partial charge is 0.260 e. The van der Waals surface area contributed by atoms with Crippen LogP contribution in [-0.4, -0.2) is 56.3 Å². The molecular weight excluding hydrogens is 390 g/mol. The summed E-state index contributed by atoms with van der Waals surface area (Å²) in [7, 11) is -4.18. The number of ether oxygens (including phenoxy) is 1. The minimum atomic E-state index is -4.18. The molecule has 6 nitrogen and oxygen atoms in total. The average molecular weight is 410 g/mol. The van der Waals surface area contributed by atoms with Crippen molar-refractivity contribution in [3.63, 3.8) is 0 Å². The van der Waals surface area contributed by atoms with Crippen LogP contribution >= 0.6 is 0 Å². The molecule has 1 aliphatic rings. The third kappa shape index (κ3) is 4.48. The highest BCUT2D eigenvalue weighted by atomic mass is 32.2. The molecule has 0 radical (unpaired) electrons. The van der Waals surface area contributed by atoms with Gasteiger partial charge in [-0.05, 0) is 42.8 Å². The molecule has 1 amide bonds. The standard InChI is InChI=1S/C19H20F2N2O4S/c1-14-3-2-4-16(11-14)27-13-19(24)22-7-9-23(10-8-22)28(25,26)18-12-15(20)5-6-17(18)21/h2-6,11-12H,7-10,13H2,1H3. The Morgan fingerprint density at radius 1 is 1.07 bits per heavy atom. The normalized spacial score (nSPS) is 15.5. The van der Waals surface area contributed by atoms with Crippen LogP contribution in [0.3, 0.4) is 0 Å². The molecule has 150 valence electrons. The van der Waals surface area contributed by atoms with E-state index in [1.807, 2.05) is 25.1 Å². The van der Waals surface area contributed by atoms with E-state index < -0.39 is 26.6 Å². The molecule has 0 aromatic heterocycles. The summed E-state index contributed by atoms with van der Waals surface area (Å²) in [5.41, 5.74) is 1.01. The van der Waals surface area contributed by atoms with E-state index in [1.165, 1.54) is 4.90 Å². The first-order valence-electron chi connectivity index (χ1n) is 8.70. The van der Waals surface area contributed by atoms with Gasteiger partial charge in [0.2, 0.25) is 10.0 Å². The fourth-order valence-electron chi connectivity index (χ4n) is 2.93. The molecule has 28 heavy (non-hydrogen) atoms. The van der Waals surface area contributed by atoms with Crippen molar-refractivity contribution < 1.29 is 26.7 Å². The lowest BCUT2D eigenvalue weighted by atomic mass is 10.2. The van der Waals surface area contributed by atoms with E-state index in [9.17, 15) is 22.0 Å². The molecule has 0 spiro atoms. The van der Waals surface area contributed by atoms with Crippen LogP contribution in [0.4, 0.5) is 8.78 Å². The first-order chi connectivity index (χ1) is 13.3. The summed E-state index contributed by atoms with van der Waals surface area (Å²) < 4.78 is 58.9. The lowest BCUT2D eigenvalue weighted by Gasteiger charge is -2.34. The zero-order chi connectivity index (χ0) is 20.3. The van der Waals surface area contributed by atoms with Gasteiger partial charge in [0.25, 0.3) is 5.91 Å². The van der Waals surface area contributed by atoms with Crippen molar-refractivity contribution in [3.8, 4) is 5.75 Å². The topological polar surface area (TPSA) is 66.9 Å². The fourth-order valence-corrected chi connectivity index (χ4v) is 4.43. The van der Waals surface area contributed by atoms with E-state index in [4.69, 9.17) is 4.74 Å². The summed E-state index contributed by atoms with van der Waals surface area (Å²) in [6.07, 6.45) is 0. The molecule has 0 bridgehead atoms. The largest absolute Gasteiger partial charge is 0.484 e. The number of amides is 1. The van der Waals surface area contributed by atoms with Gasteiger partial charge < -0.3 is 9.64 Å².